The Morgan fingerprint density at radius 3 is 2.50 bits per heavy atom. The molecule has 0 aliphatic carbocycles. The molecule has 0 fully saturated rings. The highest BCUT2D eigenvalue weighted by atomic mass is 19.4. The van der Waals surface area contributed by atoms with Crippen LogP contribution in [0.2, 0.25) is 0 Å². The second-order valence-electron chi connectivity index (χ2n) is 4.55. The molecule has 6 heteroatoms. The fraction of sp³-hybridized carbons (Fsp3) is 0.357. The van der Waals surface area contributed by atoms with E-state index in [0.29, 0.717) is 0 Å². The fourth-order valence-electron chi connectivity index (χ4n) is 2.03. The van der Waals surface area contributed by atoms with Crippen LogP contribution in [-0.4, -0.2) is 23.8 Å². The quantitative estimate of drug-likeness (QED) is 0.827. The first-order chi connectivity index (χ1) is 9.52. The van der Waals surface area contributed by atoms with Crippen molar-refractivity contribution in [2.45, 2.75) is 19.0 Å². The van der Waals surface area contributed by atoms with Crippen LogP contribution in [0.3, 0.4) is 0 Å². The summed E-state index contributed by atoms with van der Waals surface area (Å²) in [7, 11) is 1.88. The van der Waals surface area contributed by atoms with Gasteiger partial charge in [0.15, 0.2) is 0 Å². The van der Waals surface area contributed by atoms with E-state index in [4.69, 9.17) is 0 Å². The van der Waals surface area contributed by atoms with Gasteiger partial charge in [0.2, 0.25) is 0 Å². The van der Waals surface area contributed by atoms with E-state index in [-0.39, 0.29) is 0 Å². The predicted octanol–water partition coefficient (Wildman–Crippen LogP) is 3.25. The van der Waals surface area contributed by atoms with Gasteiger partial charge < -0.3 is 5.32 Å². The van der Waals surface area contributed by atoms with Gasteiger partial charge in [0, 0.05) is 0 Å². The van der Waals surface area contributed by atoms with E-state index in [0.717, 1.165) is 48.3 Å². The summed E-state index contributed by atoms with van der Waals surface area (Å²) in [6.45, 7) is 0.887. The number of nitrogens with one attached hydrogen (secondary N) is 2. The molecule has 2 aromatic rings. The molecule has 0 aliphatic rings. The molecule has 0 saturated carbocycles. The molecule has 0 saturated heterocycles. The van der Waals surface area contributed by atoms with Gasteiger partial charge in [0.1, 0.15) is 0 Å². The van der Waals surface area contributed by atoms with Gasteiger partial charge in [-0.15, -0.1) is 0 Å². The average molecular weight is 283 g/mol. The number of hydrogen-bond acceptors (Lipinski definition) is 2. The van der Waals surface area contributed by atoms with Crippen LogP contribution in [0.25, 0.3) is 11.3 Å². The number of halogens is 3. The number of rotatable bonds is 5. The summed E-state index contributed by atoms with van der Waals surface area (Å²) in [5.74, 6) is 0. The van der Waals surface area contributed by atoms with Gasteiger partial charge >= 0.3 is 6.18 Å². The minimum Gasteiger partial charge on any atom is -0.320 e. The molecule has 0 radical (unpaired) electrons. The van der Waals surface area contributed by atoms with E-state index in [1.165, 1.54) is 12.1 Å². The third-order valence-electron chi connectivity index (χ3n) is 3.09. The van der Waals surface area contributed by atoms with E-state index in [1.807, 2.05) is 7.05 Å². The van der Waals surface area contributed by atoms with Crippen LogP contribution in [-0.2, 0) is 12.6 Å². The molecule has 20 heavy (non-hydrogen) atoms. The molecule has 0 unspecified atom stereocenters. The molecule has 0 bridgehead atoms. The topological polar surface area (TPSA) is 40.7 Å². The number of aromatic nitrogens is 2. The molecule has 0 spiro atoms. The summed E-state index contributed by atoms with van der Waals surface area (Å²) in [4.78, 5) is 0. The van der Waals surface area contributed by atoms with Crippen LogP contribution in [0.5, 0.6) is 0 Å². The van der Waals surface area contributed by atoms with Crippen LogP contribution in [0.15, 0.2) is 30.5 Å². The van der Waals surface area contributed by atoms with Gasteiger partial charge in [0.25, 0.3) is 0 Å². The number of benzene rings is 1. The Balaban J connectivity index is 2.18. The van der Waals surface area contributed by atoms with Gasteiger partial charge in [-0.1, -0.05) is 12.1 Å². The number of alkyl halides is 3. The highest BCUT2D eigenvalue weighted by molar-refractivity contribution is 5.63. The number of H-pyrrole nitrogens is 1. The standard InChI is InChI=1S/C14H16F3N3/c1-18-8-2-3-11-9-19-20-13(11)10-4-6-12(7-5-10)14(15,16)17/h4-7,9,18H,2-3,8H2,1H3,(H,19,20). The maximum Gasteiger partial charge on any atom is 0.416 e. The van der Waals surface area contributed by atoms with Crippen molar-refractivity contribution in [2.75, 3.05) is 13.6 Å². The number of aromatic amines is 1. The summed E-state index contributed by atoms with van der Waals surface area (Å²) >= 11 is 0. The van der Waals surface area contributed by atoms with Crippen molar-refractivity contribution in [1.29, 1.82) is 0 Å². The normalized spacial score (nSPS) is 11.8. The van der Waals surface area contributed by atoms with Gasteiger partial charge in [-0.05, 0) is 49.7 Å². The van der Waals surface area contributed by atoms with Gasteiger partial charge in [-0.3, -0.25) is 5.10 Å². The first-order valence-electron chi connectivity index (χ1n) is 6.37. The van der Waals surface area contributed by atoms with Gasteiger partial charge in [0.05, 0.1) is 17.5 Å². The zero-order valence-electron chi connectivity index (χ0n) is 11.1. The summed E-state index contributed by atoms with van der Waals surface area (Å²) in [6, 6.07) is 5.12. The molecule has 1 aromatic heterocycles. The predicted molar refractivity (Wildman–Crippen MR) is 71.3 cm³/mol. The number of hydrogen-bond donors (Lipinski definition) is 2. The second-order valence-corrected chi connectivity index (χ2v) is 4.55. The second kappa shape index (κ2) is 6.09. The van der Waals surface area contributed by atoms with Crippen LogP contribution in [0.4, 0.5) is 13.2 Å². The molecule has 3 nitrogen and oxygen atoms in total. The van der Waals surface area contributed by atoms with Crippen LogP contribution in [0.1, 0.15) is 17.5 Å². The van der Waals surface area contributed by atoms with Crippen molar-refractivity contribution >= 4 is 0 Å². The lowest BCUT2D eigenvalue weighted by Gasteiger charge is -2.08. The summed E-state index contributed by atoms with van der Waals surface area (Å²) in [5.41, 5.74) is 1.88. The molecule has 0 atom stereocenters. The van der Waals surface area contributed by atoms with Crippen molar-refractivity contribution in [3.8, 4) is 11.3 Å². The monoisotopic (exact) mass is 283 g/mol. The third-order valence-corrected chi connectivity index (χ3v) is 3.09. The van der Waals surface area contributed by atoms with Crippen LogP contribution < -0.4 is 5.32 Å². The summed E-state index contributed by atoms with van der Waals surface area (Å²) in [5, 5.41) is 9.89. The summed E-state index contributed by atoms with van der Waals surface area (Å²) in [6.07, 6.45) is -0.803. The molecular formula is C14H16F3N3. The zero-order valence-corrected chi connectivity index (χ0v) is 11.1. The molecule has 1 aromatic carbocycles. The van der Waals surface area contributed by atoms with E-state index < -0.39 is 11.7 Å². The zero-order chi connectivity index (χ0) is 14.6. The molecule has 2 N–H and O–H groups in total. The molecular weight excluding hydrogens is 267 g/mol. The Morgan fingerprint density at radius 2 is 1.90 bits per heavy atom. The Morgan fingerprint density at radius 1 is 1.20 bits per heavy atom. The Labute approximate surface area is 115 Å². The Kier molecular flexibility index (Phi) is 4.44. The Bertz CT molecular complexity index is 544. The molecule has 0 amide bonds. The lowest BCUT2D eigenvalue weighted by Crippen LogP contribution is -2.08. The fourth-order valence-corrected chi connectivity index (χ4v) is 2.03. The Hall–Kier alpha value is -1.82. The number of aryl methyl sites for hydroxylation is 1. The SMILES string of the molecule is CNCCCc1cn[nH]c1-c1ccc(C(F)(F)F)cc1. The van der Waals surface area contributed by atoms with Crippen molar-refractivity contribution in [3.63, 3.8) is 0 Å². The molecule has 108 valence electrons. The molecule has 0 aliphatic heterocycles. The summed E-state index contributed by atoms with van der Waals surface area (Å²) < 4.78 is 37.6. The van der Waals surface area contributed by atoms with Crippen molar-refractivity contribution < 1.29 is 13.2 Å². The average Bonchev–Trinajstić information content (AvgIpc) is 2.87. The minimum absolute atomic E-state index is 0.641. The van der Waals surface area contributed by atoms with E-state index >= 15 is 0 Å². The maximum atomic E-state index is 12.5. The van der Waals surface area contributed by atoms with Gasteiger partial charge in [-0.25, -0.2) is 0 Å². The lowest BCUT2D eigenvalue weighted by atomic mass is 10.0. The highest BCUT2D eigenvalue weighted by Crippen LogP contribution is 2.31. The first-order valence-corrected chi connectivity index (χ1v) is 6.37. The molecule has 1 heterocycles. The van der Waals surface area contributed by atoms with Gasteiger partial charge in [-0.2, -0.15) is 18.3 Å². The van der Waals surface area contributed by atoms with E-state index in [1.54, 1.807) is 6.20 Å². The maximum absolute atomic E-state index is 12.5. The smallest absolute Gasteiger partial charge is 0.320 e. The largest absolute Gasteiger partial charge is 0.416 e. The van der Waals surface area contributed by atoms with E-state index in [2.05, 4.69) is 15.5 Å². The van der Waals surface area contributed by atoms with Crippen LogP contribution >= 0.6 is 0 Å². The van der Waals surface area contributed by atoms with Crippen molar-refractivity contribution in [2.24, 2.45) is 0 Å². The third kappa shape index (κ3) is 3.39. The minimum atomic E-state index is -4.30. The highest BCUT2D eigenvalue weighted by Gasteiger charge is 2.30. The van der Waals surface area contributed by atoms with Crippen molar-refractivity contribution in [3.05, 3.63) is 41.6 Å². The molecule has 2 rings (SSSR count). The van der Waals surface area contributed by atoms with Crippen molar-refractivity contribution in [1.82, 2.24) is 15.5 Å². The number of nitrogens with zero attached hydrogens (tertiary/aromatic N) is 1. The van der Waals surface area contributed by atoms with Crippen LogP contribution in [0, 0.1) is 0 Å². The lowest BCUT2D eigenvalue weighted by molar-refractivity contribution is -0.137. The first kappa shape index (κ1) is 14.6. The van der Waals surface area contributed by atoms with E-state index in [9.17, 15) is 13.2 Å².